The molecule has 116 valence electrons. The Hall–Kier alpha value is -0.880. The number of rotatable bonds is 1. The molecule has 3 fully saturated rings. The number of alkyl halides is 1. The van der Waals surface area contributed by atoms with Crippen LogP contribution in [-0.2, 0) is 9.53 Å². The maximum absolute atomic E-state index is 11.8. The minimum Gasteiger partial charge on any atom is -0.458 e. The highest BCUT2D eigenvalue weighted by atomic mass is 35.5. The molecule has 21 heavy (non-hydrogen) atoms. The van der Waals surface area contributed by atoms with Crippen molar-refractivity contribution < 1.29 is 24.9 Å². The van der Waals surface area contributed by atoms with Gasteiger partial charge in [0.15, 0.2) is 0 Å². The van der Waals surface area contributed by atoms with E-state index in [0.29, 0.717) is 12.8 Å². The van der Waals surface area contributed by atoms with Gasteiger partial charge in [-0.15, -0.1) is 11.6 Å². The summed E-state index contributed by atoms with van der Waals surface area (Å²) >= 11 is 5.90. The molecule has 3 N–H and O–H groups in total. The number of fused-ring (bicyclic) bond motifs is 3. The Morgan fingerprint density at radius 1 is 1.38 bits per heavy atom. The maximum Gasteiger partial charge on any atom is 0.334 e. The summed E-state index contributed by atoms with van der Waals surface area (Å²) in [5, 5.41) is 31.3. The minimum absolute atomic E-state index is 0.175. The molecule has 0 spiro atoms. The lowest BCUT2D eigenvalue weighted by Crippen LogP contribution is -2.52. The zero-order chi connectivity index (χ0) is 15.5. The minimum atomic E-state index is -1.56. The summed E-state index contributed by atoms with van der Waals surface area (Å²) < 4.78 is 5.37. The Balaban J connectivity index is 2.09. The normalized spacial score (nSPS) is 49.6. The lowest BCUT2D eigenvalue weighted by atomic mass is 9.76. The number of hydrogen-bond acceptors (Lipinski definition) is 5. The van der Waals surface area contributed by atoms with Gasteiger partial charge < -0.3 is 20.1 Å². The van der Waals surface area contributed by atoms with Crippen molar-refractivity contribution in [3.05, 3.63) is 24.3 Å². The van der Waals surface area contributed by atoms with Gasteiger partial charge in [-0.25, -0.2) is 4.79 Å². The van der Waals surface area contributed by atoms with E-state index in [1.807, 2.05) is 0 Å². The van der Waals surface area contributed by atoms with E-state index in [2.05, 4.69) is 13.2 Å². The van der Waals surface area contributed by atoms with Crippen LogP contribution in [0, 0.1) is 17.8 Å². The van der Waals surface area contributed by atoms with E-state index in [1.165, 1.54) is 0 Å². The second-order valence-corrected chi connectivity index (χ2v) is 6.63. The topological polar surface area (TPSA) is 87.0 Å². The van der Waals surface area contributed by atoms with E-state index in [9.17, 15) is 20.1 Å². The van der Waals surface area contributed by atoms with Crippen molar-refractivity contribution in [3.8, 4) is 0 Å². The second kappa shape index (κ2) is 4.81. The van der Waals surface area contributed by atoms with Crippen molar-refractivity contribution in [2.45, 2.75) is 36.8 Å². The Morgan fingerprint density at radius 3 is 2.67 bits per heavy atom. The number of aliphatic hydroxyl groups is 3. The lowest BCUT2D eigenvalue weighted by molar-refractivity contribution is -0.151. The van der Waals surface area contributed by atoms with Crippen LogP contribution < -0.4 is 0 Å². The SMILES string of the molecule is C=C1C(=O)O[C@@H]2[C@H]1[C@@H](O)CC(=C)[C@@H]1C[C@H](O)[C@](O)(CCl)[C@H]21. The molecule has 0 radical (unpaired) electrons. The average Bonchev–Trinajstić information content (AvgIpc) is 2.82. The molecular weight excluding hydrogens is 296 g/mol. The maximum atomic E-state index is 11.8. The van der Waals surface area contributed by atoms with Gasteiger partial charge in [0.05, 0.1) is 24.0 Å². The Morgan fingerprint density at radius 2 is 2.05 bits per heavy atom. The number of ether oxygens (including phenoxy) is 1. The molecule has 0 aromatic rings. The molecule has 6 heteroatoms. The van der Waals surface area contributed by atoms with E-state index < -0.39 is 41.7 Å². The second-order valence-electron chi connectivity index (χ2n) is 6.36. The number of esters is 1. The Kier molecular flexibility index (Phi) is 3.44. The van der Waals surface area contributed by atoms with Crippen LogP contribution in [0.25, 0.3) is 0 Å². The van der Waals surface area contributed by atoms with Crippen LogP contribution in [0.2, 0.25) is 0 Å². The first-order valence-electron chi connectivity index (χ1n) is 7.03. The first-order valence-corrected chi connectivity index (χ1v) is 7.56. The van der Waals surface area contributed by atoms with Crippen LogP contribution in [0.3, 0.4) is 0 Å². The van der Waals surface area contributed by atoms with Gasteiger partial charge in [-0.1, -0.05) is 18.7 Å². The molecule has 1 aliphatic heterocycles. The first-order chi connectivity index (χ1) is 9.81. The summed E-state index contributed by atoms with van der Waals surface area (Å²) in [7, 11) is 0. The van der Waals surface area contributed by atoms with Gasteiger partial charge in [0, 0.05) is 11.5 Å². The van der Waals surface area contributed by atoms with Crippen LogP contribution in [0.15, 0.2) is 24.3 Å². The van der Waals surface area contributed by atoms with Gasteiger partial charge in [-0.3, -0.25) is 0 Å². The van der Waals surface area contributed by atoms with Gasteiger partial charge in [0.2, 0.25) is 0 Å². The predicted octanol–water partition coefficient (Wildman–Crippen LogP) is 0.372. The van der Waals surface area contributed by atoms with Gasteiger partial charge in [-0.05, 0) is 18.8 Å². The van der Waals surface area contributed by atoms with E-state index in [0.717, 1.165) is 5.57 Å². The Labute approximate surface area is 127 Å². The number of aliphatic hydroxyl groups excluding tert-OH is 2. The van der Waals surface area contributed by atoms with Crippen LogP contribution >= 0.6 is 11.6 Å². The number of carbonyl (C=O) groups excluding carboxylic acids is 1. The van der Waals surface area contributed by atoms with Crippen molar-refractivity contribution in [2.75, 3.05) is 5.88 Å². The van der Waals surface area contributed by atoms with E-state index in [-0.39, 0.29) is 17.4 Å². The summed E-state index contributed by atoms with van der Waals surface area (Å²) in [4.78, 5) is 11.8. The zero-order valence-electron chi connectivity index (χ0n) is 11.5. The summed E-state index contributed by atoms with van der Waals surface area (Å²) in [5.74, 6) is -2.15. The molecule has 7 atom stereocenters. The van der Waals surface area contributed by atoms with Gasteiger partial charge in [0.1, 0.15) is 11.7 Å². The number of hydrogen-bond donors (Lipinski definition) is 3. The molecule has 1 saturated heterocycles. The number of halogens is 1. The zero-order valence-corrected chi connectivity index (χ0v) is 12.3. The summed E-state index contributed by atoms with van der Waals surface area (Å²) in [5.41, 5.74) is -0.613. The summed E-state index contributed by atoms with van der Waals surface area (Å²) in [6.45, 7) is 7.68. The summed E-state index contributed by atoms with van der Waals surface area (Å²) in [6, 6.07) is 0. The third-order valence-corrected chi connectivity index (χ3v) is 5.73. The van der Waals surface area contributed by atoms with Crippen LogP contribution in [0.5, 0.6) is 0 Å². The fourth-order valence-electron chi connectivity index (χ4n) is 4.18. The molecule has 3 aliphatic rings. The van der Waals surface area contributed by atoms with E-state index in [1.54, 1.807) is 0 Å². The highest BCUT2D eigenvalue weighted by Gasteiger charge is 2.63. The quantitative estimate of drug-likeness (QED) is 0.282. The fraction of sp³-hybridized carbons (Fsp3) is 0.667. The molecular formula is C15H19ClO5. The predicted molar refractivity (Wildman–Crippen MR) is 75.5 cm³/mol. The smallest absolute Gasteiger partial charge is 0.334 e. The van der Waals surface area contributed by atoms with Gasteiger partial charge in [-0.2, -0.15) is 0 Å². The molecule has 0 amide bonds. The van der Waals surface area contributed by atoms with Gasteiger partial charge in [0.25, 0.3) is 0 Å². The molecule has 0 aromatic carbocycles. The van der Waals surface area contributed by atoms with Crippen molar-refractivity contribution >= 4 is 17.6 Å². The third-order valence-electron chi connectivity index (χ3n) is 5.30. The molecule has 1 heterocycles. The highest BCUT2D eigenvalue weighted by molar-refractivity contribution is 6.18. The van der Waals surface area contributed by atoms with Crippen LogP contribution in [0.4, 0.5) is 0 Å². The average molecular weight is 315 g/mol. The standard InChI is InChI=1S/C15H19ClO5/c1-6-3-9(17)11-7(2)14(19)21-13(11)12-8(6)4-10(18)15(12,20)5-16/h8-13,17-18,20H,1-5H2/t8-,9-,10-,11+,12-,13+,15+/m0/s1. The Bertz CT molecular complexity index is 518. The van der Waals surface area contributed by atoms with Crippen LogP contribution in [0.1, 0.15) is 12.8 Å². The molecule has 0 bridgehead atoms. The fourth-order valence-corrected chi connectivity index (χ4v) is 4.53. The molecule has 0 aromatic heterocycles. The number of carbonyl (C=O) groups is 1. The highest BCUT2D eigenvalue weighted by Crippen LogP contribution is 2.54. The first kappa shape index (κ1) is 15.0. The molecule has 5 nitrogen and oxygen atoms in total. The van der Waals surface area contributed by atoms with Crippen molar-refractivity contribution in [1.29, 1.82) is 0 Å². The monoisotopic (exact) mass is 314 g/mol. The van der Waals surface area contributed by atoms with Gasteiger partial charge >= 0.3 is 5.97 Å². The third kappa shape index (κ3) is 1.91. The summed E-state index contributed by atoms with van der Waals surface area (Å²) in [6.07, 6.45) is -1.98. The van der Waals surface area contributed by atoms with Crippen molar-refractivity contribution in [2.24, 2.45) is 17.8 Å². The molecule has 2 saturated carbocycles. The molecule has 3 rings (SSSR count). The largest absolute Gasteiger partial charge is 0.458 e. The van der Waals surface area contributed by atoms with Crippen molar-refractivity contribution in [1.82, 2.24) is 0 Å². The van der Waals surface area contributed by atoms with E-state index >= 15 is 0 Å². The molecule has 0 unspecified atom stereocenters. The lowest BCUT2D eigenvalue weighted by Gasteiger charge is -2.36. The van der Waals surface area contributed by atoms with Crippen LogP contribution in [-0.4, -0.2) is 51.1 Å². The molecule has 2 aliphatic carbocycles. The van der Waals surface area contributed by atoms with E-state index in [4.69, 9.17) is 16.3 Å². The van der Waals surface area contributed by atoms with Crippen molar-refractivity contribution in [3.63, 3.8) is 0 Å².